The van der Waals surface area contributed by atoms with E-state index in [0.29, 0.717) is 17.0 Å². The Kier molecular flexibility index (Phi) is 4.86. The van der Waals surface area contributed by atoms with Crippen molar-refractivity contribution in [2.75, 3.05) is 5.73 Å². The van der Waals surface area contributed by atoms with E-state index in [1.54, 1.807) is 29.2 Å². The van der Waals surface area contributed by atoms with Crippen molar-refractivity contribution in [3.63, 3.8) is 0 Å². The first kappa shape index (κ1) is 20.1. The number of fused-ring (bicyclic) bond motifs is 1. The Bertz CT molecular complexity index is 1460. The molecule has 0 aliphatic carbocycles. The second-order valence-corrected chi connectivity index (χ2v) is 8.03. The van der Waals surface area contributed by atoms with Gasteiger partial charge < -0.3 is 10.7 Å². The number of halogens is 2. The highest BCUT2D eigenvalue weighted by atomic mass is 35.5. The number of aromatic amines is 1. The lowest BCUT2D eigenvalue weighted by Crippen LogP contribution is -2.06. The molecule has 0 saturated heterocycles. The number of hydrogen-bond donors (Lipinski definition) is 2. The molecule has 160 valence electrons. The average molecular weight is 448 g/mol. The molecule has 0 bridgehead atoms. The Hall–Kier alpha value is -3.78. The minimum absolute atomic E-state index is 0.0715. The van der Waals surface area contributed by atoms with E-state index in [0.717, 1.165) is 27.7 Å². The Morgan fingerprint density at radius 3 is 2.78 bits per heavy atom. The normalized spacial score (nSPS) is 12.4. The van der Waals surface area contributed by atoms with Crippen molar-refractivity contribution in [3.8, 4) is 22.4 Å². The SMILES string of the molecule is CC(c1cc(-c2c[nH]c3ncc(-c4cnn(C)c4)cc23)nc(N)n1)c1cccc(Cl)c1F. The molecule has 4 heterocycles. The predicted octanol–water partition coefficient (Wildman–Crippen LogP) is 4.95. The maximum absolute atomic E-state index is 14.6. The highest BCUT2D eigenvalue weighted by molar-refractivity contribution is 6.30. The molecule has 4 aromatic heterocycles. The number of H-pyrrole nitrogens is 1. The van der Waals surface area contributed by atoms with Crippen LogP contribution < -0.4 is 5.73 Å². The number of aryl methyl sites for hydroxylation is 1. The van der Waals surface area contributed by atoms with Gasteiger partial charge in [-0.05, 0) is 23.8 Å². The first-order valence-corrected chi connectivity index (χ1v) is 10.3. The number of hydrogen-bond acceptors (Lipinski definition) is 5. The van der Waals surface area contributed by atoms with Gasteiger partial charge in [-0.2, -0.15) is 5.10 Å². The standard InChI is InChI=1S/C23H19ClFN7/c1-12(15-4-3-5-18(24)21(15)25)19-7-20(31-23(26)30-19)17-10-28-22-16(17)6-13(8-27-22)14-9-29-32(2)11-14/h3-12H,1-2H3,(H,27,28)(H2,26,30,31). The third-order valence-corrected chi connectivity index (χ3v) is 5.79. The number of nitrogens with one attached hydrogen (secondary N) is 1. The fourth-order valence-electron chi connectivity index (χ4n) is 3.80. The molecule has 9 heteroatoms. The summed E-state index contributed by atoms with van der Waals surface area (Å²) < 4.78 is 16.3. The predicted molar refractivity (Wildman–Crippen MR) is 123 cm³/mol. The molecule has 0 spiro atoms. The molecule has 0 saturated carbocycles. The molecule has 0 radical (unpaired) electrons. The van der Waals surface area contributed by atoms with Gasteiger partial charge in [0.2, 0.25) is 5.95 Å². The van der Waals surface area contributed by atoms with Gasteiger partial charge in [0.15, 0.2) is 0 Å². The number of rotatable bonds is 4. The number of nitrogens with two attached hydrogens (primary N) is 1. The first-order chi connectivity index (χ1) is 15.4. The summed E-state index contributed by atoms with van der Waals surface area (Å²) in [7, 11) is 1.87. The van der Waals surface area contributed by atoms with Gasteiger partial charge in [-0.3, -0.25) is 4.68 Å². The second kappa shape index (κ2) is 7.72. The smallest absolute Gasteiger partial charge is 0.220 e. The van der Waals surface area contributed by atoms with E-state index in [1.807, 2.05) is 38.5 Å². The molecule has 0 aliphatic heterocycles. The number of benzene rings is 1. The zero-order valence-electron chi connectivity index (χ0n) is 17.3. The van der Waals surface area contributed by atoms with Crippen LogP contribution in [0.2, 0.25) is 5.02 Å². The van der Waals surface area contributed by atoms with Crippen molar-refractivity contribution in [1.29, 1.82) is 0 Å². The van der Waals surface area contributed by atoms with Crippen LogP contribution in [0.5, 0.6) is 0 Å². The Morgan fingerprint density at radius 2 is 2.00 bits per heavy atom. The molecule has 5 aromatic rings. The molecule has 0 amide bonds. The lowest BCUT2D eigenvalue weighted by atomic mass is 9.96. The highest BCUT2D eigenvalue weighted by Crippen LogP contribution is 2.34. The number of nitrogens with zero attached hydrogens (tertiary/aromatic N) is 5. The van der Waals surface area contributed by atoms with Crippen LogP contribution in [0, 0.1) is 5.82 Å². The zero-order valence-corrected chi connectivity index (χ0v) is 18.1. The maximum atomic E-state index is 14.6. The Balaban J connectivity index is 1.61. The van der Waals surface area contributed by atoms with Crippen LogP contribution in [0.1, 0.15) is 24.1 Å². The highest BCUT2D eigenvalue weighted by Gasteiger charge is 2.19. The van der Waals surface area contributed by atoms with Crippen molar-refractivity contribution in [2.24, 2.45) is 7.05 Å². The van der Waals surface area contributed by atoms with E-state index < -0.39 is 5.82 Å². The molecule has 0 fully saturated rings. The second-order valence-electron chi connectivity index (χ2n) is 7.63. The van der Waals surface area contributed by atoms with Crippen LogP contribution >= 0.6 is 11.6 Å². The van der Waals surface area contributed by atoms with Gasteiger partial charge in [0, 0.05) is 53.6 Å². The van der Waals surface area contributed by atoms with E-state index in [2.05, 4.69) is 25.0 Å². The quantitative estimate of drug-likeness (QED) is 0.406. The molecule has 1 unspecified atom stereocenters. The van der Waals surface area contributed by atoms with Crippen molar-refractivity contribution < 1.29 is 4.39 Å². The summed E-state index contributed by atoms with van der Waals surface area (Å²) in [5.74, 6) is -0.720. The van der Waals surface area contributed by atoms with Gasteiger partial charge in [0.1, 0.15) is 11.5 Å². The summed E-state index contributed by atoms with van der Waals surface area (Å²) in [5.41, 5.74) is 11.1. The van der Waals surface area contributed by atoms with Crippen LogP contribution in [0.15, 0.2) is 55.1 Å². The third kappa shape index (κ3) is 3.48. The summed E-state index contributed by atoms with van der Waals surface area (Å²) in [6.45, 7) is 1.86. The molecular weight excluding hydrogens is 429 g/mol. The van der Waals surface area contributed by atoms with Crippen LogP contribution in [0.25, 0.3) is 33.4 Å². The maximum Gasteiger partial charge on any atom is 0.220 e. The summed E-state index contributed by atoms with van der Waals surface area (Å²) in [4.78, 5) is 16.5. The van der Waals surface area contributed by atoms with E-state index in [-0.39, 0.29) is 16.9 Å². The Labute approximate surface area is 188 Å². The van der Waals surface area contributed by atoms with Crippen molar-refractivity contribution in [3.05, 3.63) is 77.2 Å². The number of pyridine rings is 1. The van der Waals surface area contributed by atoms with Crippen molar-refractivity contribution in [2.45, 2.75) is 12.8 Å². The van der Waals surface area contributed by atoms with Crippen molar-refractivity contribution in [1.82, 2.24) is 29.7 Å². The monoisotopic (exact) mass is 447 g/mol. The molecule has 1 aromatic carbocycles. The summed E-state index contributed by atoms with van der Waals surface area (Å²) in [5, 5.41) is 5.19. The van der Waals surface area contributed by atoms with Gasteiger partial charge in [-0.25, -0.2) is 19.3 Å². The van der Waals surface area contributed by atoms with Crippen LogP contribution in [-0.4, -0.2) is 29.7 Å². The molecule has 7 nitrogen and oxygen atoms in total. The zero-order chi connectivity index (χ0) is 22.4. The largest absolute Gasteiger partial charge is 0.368 e. The topological polar surface area (TPSA) is 98.3 Å². The fourth-order valence-corrected chi connectivity index (χ4v) is 3.98. The molecular formula is C23H19ClFN7. The minimum atomic E-state index is -0.460. The summed E-state index contributed by atoms with van der Waals surface area (Å²) in [6, 6.07) is 8.78. The van der Waals surface area contributed by atoms with Gasteiger partial charge >= 0.3 is 0 Å². The van der Waals surface area contributed by atoms with E-state index in [1.165, 1.54) is 6.07 Å². The molecule has 3 N–H and O–H groups in total. The number of aromatic nitrogens is 6. The van der Waals surface area contributed by atoms with Gasteiger partial charge in [-0.1, -0.05) is 30.7 Å². The van der Waals surface area contributed by atoms with E-state index in [4.69, 9.17) is 17.3 Å². The average Bonchev–Trinajstić information content (AvgIpc) is 3.40. The Morgan fingerprint density at radius 1 is 1.16 bits per heavy atom. The van der Waals surface area contributed by atoms with Gasteiger partial charge in [0.25, 0.3) is 0 Å². The van der Waals surface area contributed by atoms with E-state index >= 15 is 0 Å². The minimum Gasteiger partial charge on any atom is -0.368 e. The lowest BCUT2D eigenvalue weighted by Gasteiger charge is -2.14. The first-order valence-electron chi connectivity index (χ1n) is 9.95. The summed E-state index contributed by atoms with van der Waals surface area (Å²) in [6.07, 6.45) is 7.35. The molecule has 32 heavy (non-hydrogen) atoms. The molecule has 5 rings (SSSR count). The van der Waals surface area contributed by atoms with Crippen LogP contribution in [0.4, 0.5) is 10.3 Å². The van der Waals surface area contributed by atoms with Crippen LogP contribution in [-0.2, 0) is 7.05 Å². The summed E-state index contributed by atoms with van der Waals surface area (Å²) >= 11 is 5.97. The van der Waals surface area contributed by atoms with Gasteiger partial charge in [-0.15, -0.1) is 0 Å². The number of anilines is 1. The lowest BCUT2D eigenvalue weighted by molar-refractivity contribution is 0.601. The number of nitrogen functional groups attached to an aromatic ring is 1. The van der Waals surface area contributed by atoms with Gasteiger partial charge in [0.05, 0.1) is 22.6 Å². The van der Waals surface area contributed by atoms with E-state index in [9.17, 15) is 4.39 Å². The third-order valence-electron chi connectivity index (χ3n) is 5.50. The fraction of sp³-hybridized carbons (Fsp3) is 0.130. The molecule has 0 aliphatic rings. The van der Waals surface area contributed by atoms with Crippen LogP contribution in [0.3, 0.4) is 0 Å². The van der Waals surface area contributed by atoms with Crippen molar-refractivity contribution >= 4 is 28.6 Å². The molecule has 1 atom stereocenters.